The van der Waals surface area contributed by atoms with Crippen LogP contribution in [0.4, 0.5) is 5.13 Å². The first-order chi connectivity index (χ1) is 8.27. The summed E-state index contributed by atoms with van der Waals surface area (Å²) >= 11 is 1.23. The van der Waals surface area contributed by atoms with Gasteiger partial charge in [-0.3, -0.25) is 9.59 Å². The van der Waals surface area contributed by atoms with Gasteiger partial charge in [-0.1, -0.05) is 23.5 Å². The summed E-state index contributed by atoms with van der Waals surface area (Å²) in [6, 6.07) is 0. The molecule has 1 saturated carbocycles. The van der Waals surface area contributed by atoms with Crippen molar-refractivity contribution >= 4 is 28.3 Å². The summed E-state index contributed by atoms with van der Waals surface area (Å²) in [6.45, 7) is 0. The highest BCUT2D eigenvalue weighted by molar-refractivity contribution is 7.13. The van der Waals surface area contributed by atoms with E-state index >= 15 is 0 Å². The van der Waals surface area contributed by atoms with E-state index in [4.69, 9.17) is 0 Å². The van der Waals surface area contributed by atoms with Crippen molar-refractivity contribution in [2.24, 2.45) is 23.7 Å². The molecule has 2 amide bonds. The van der Waals surface area contributed by atoms with Crippen LogP contribution < -0.4 is 4.90 Å². The highest BCUT2D eigenvalue weighted by Gasteiger charge is 2.60. The number of fused-ring (bicyclic) bond motifs is 5. The fourth-order valence-corrected chi connectivity index (χ4v) is 3.92. The molecule has 0 spiro atoms. The minimum atomic E-state index is -0.151. The van der Waals surface area contributed by atoms with Crippen LogP contribution in [0.25, 0.3) is 0 Å². The Morgan fingerprint density at radius 1 is 1.18 bits per heavy atom. The number of hydrogen-bond donors (Lipinski definition) is 0. The van der Waals surface area contributed by atoms with E-state index in [2.05, 4.69) is 22.3 Å². The highest BCUT2D eigenvalue weighted by Crippen LogP contribution is 2.53. The van der Waals surface area contributed by atoms with Gasteiger partial charge < -0.3 is 0 Å². The van der Waals surface area contributed by atoms with Gasteiger partial charge in [0, 0.05) is 0 Å². The minimum Gasteiger partial charge on any atom is -0.274 e. The van der Waals surface area contributed by atoms with Crippen LogP contribution in [0, 0.1) is 23.7 Å². The van der Waals surface area contributed by atoms with E-state index in [0.717, 1.165) is 6.42 Å². The molecule has 2 fully saturated rings. The molecule has 1 aromatic rings. The molecule has 6 heteroatoms. The zero-order valence-corrected chi connectivity index (χ0v) is 9.63. The zero-order valence-electron chi connectivity index (χ0n) is 8.81. The average molecular weight is 247 g/mol. The number of carbonyl (C=O) groups is 2. The predicted molar refractivity (Wildman–Crippen MR) is 60.1 cm³/mol. The molecule has 1 aromatic heterocycles. The van der Waals surface area contributed by atoms with Crippen molar-refractivity contribution in [3.8, 4) is 0 Å². The standard InChI is InChI=1S/C11H9N3O2S/c15-9-7-5-1-2-6(3-5)8(7)10(16)14(9)11-13-12-4-17-11/h1-2,4-8H,3H2. The number of aromatic nitrogens is 2. The average Bonchev–Trinajstić information content (AvgIpc) is 3.03. The maximum Gasteiger partial charge on any atom is 0.240 e. The Kier molecular flexibility index (Phi) is 1.68. The third kappa shape index (κ3) is 1.04. The van der Waals surface area contributed by atoms with E-state index in [0.29, 0.717) is 5.13 Å². The minimum absolute atomic E-state index is 0.0893. The van der Waals surface area contributed by atoms with E-state index in [9.17, 15) is 9.59 Å². The van der Waals surface area contributed by atoms with Crippen molar-refractivity contribution in [1.29, 1.82) is 0 Å². The first-order valence-corrected chi connectivity index (χ1v) is 6.47. The number of amides is 2. The van der Waals surface area contributed by atoms with E-state index < -0.39 is 0 Å². The monoisotopic (exact) mass is 247 g/mol. The molecule has 5 nitrogen and oxygen atoms in total. The van der Waals surface area contributed by atoms with Gasteiger partial charge in [-0.05, 0) is 18.3 Å². The summed E-state index contributed by atoms with van der Waals surface area (Å²) in [6.07, 6.45) is 5.12. The number of nitrogens with zero attached hydrogens (tertiary/aromatic N) is 3. The molecule has 4 atom stereocenters. The largest absolute Gasteiger partial charge is 0.274 e. The summed E-state index contributed by atoms with van der Waals surface area (Å²) in [7, 11) is 0. The van der Waals surface area contributed by atoms with Crippen molar-refractivity contribution in [2.45, 2.75) is 6.42 Å². The van der Waals surface area contributed by atoms with Crippen LogP contribution in [0.5, 0.6) is 0 Å². The van der Waals surface area contributed by atoms with E-state index in [-0.39, 0.29) is 35.5 Å². The van der Waals surface area contributed by atoms with Gasteiger partial charge in [0.2, 0.25) is 16.9 Å². The van der Waals surface area contributed by atoms with E-state index in [1.807, 2.05) is 0 Å². The molecule has 3 aliphatic rings. The van der Waals surface area contributed by atoms with Crippen LogP contribution in [0.1, 0.15) is 6.42 Å². The Morgan fingerprint density at radius 2 is 1.82 bits per heavy atom. The first-order valence-electron chi connectivity index (χ1n) is 5.59. The van der Waals surface area contributed by atoms with Crippen molar-refractivity contribution in [3.05, 3.63) is 17.7 Å². The number of anilines is 1. The quantitative estimate of drug-likeness (QED) is 0.545. The second kappa shape index (κ2) is 3.01. The molecule has 17 heavy (non-hydrogen) atoms. The van der Waals surface area contributed by atoms with Crippen molar-refractivity contribution in [2.75, 3.05) is 4.90 Å². The Morgan fingerprint density at radius 3 is 2.35 bits per heavy atom. The number of allylic oxidation sites excluding steroid dienone is 2. The molecule has 2 heterocycles. The molecule has 4 rings (SSSR count). The summed E-state index contributed by atoms with van der Waals surface area (Å²) in [4.78, 5) is 25.8. The number of carbonyl (C=O) groups excluding carboxylic acids is 2. The van der Waals surface area contributed by atoms with Crippen molar-refractivity contribution < 1.29 is 9.59 Å². The Hall–Kier alpha value is -1.56. The lowest BCUT2D eigenvalue weighted by Crippen LogP contribution is -2.32. The Labute approximate surface area is 101 Å². The number of rotatable bonds is 1. The van der Waals surface area contributed by atoms with Crippen molar-refractivity contribution in [1.82, 2.24) is 10.2 Å². The third-order valence-corrected chi connectivity index (χ3v) is 4.68. The summed E-state index contributed by atoms with van der Waals surface area (Å²) in [5, 5.41) is 7.93. The maximum atomic E-state index is 12.3. The molecule has 1 aliphatic heterocycles. The number of imide groups is 1. The van der Waals surface area contributed by atoms with Crippen LogP contribution in [-0.4, -0.2) is 22.0 Å². The third-order valence-electron chi connectivity index (χ3n) is 4.01. The molecule has 1 saturated heterocycles. The lowest BCUT2D eigenvalue weighted by molar-refractivity contribution is -0.123. The SMILES string of the molecule is O=C1C2C3C=CC(C3)C2C(=O)N1c1nncs1. The van der Waals surface area contributed by atoms with Gasteiger partial charge in [0.05, 0.1) is 11.8 Å². The second-order valence-electron chi connectivity index (χ2n) is 4.73. The van der Waals surface area contributed by atoms with E-state index in [1.54, 1.807) is 0 Å². The summed E-state index contributed by atoms with van der Waals surface area (Å²) < 4.78 is 0. The molecular formula is C11H9N3O2S. The van der Waals surface area contributed by atoms with Gasteiger partial charge in [0.25, 0.3) is 0 Å². The van der Waals surface area contributed by atoms with Gasteiger partial charge in [-0.2, -0.15) is 0 Å². The maximum absolute atomic E-state index is 12.3. The second-order valence-corrected chi connectivity index (χ2v) is 5.54. The number of hydrogen-bond acceptors (Lipinski definition) is 5. The Balaban J connectivity index is 1.79. The predicted octanol–water partition coefficient (Wildman–Crippen LogP) is 0.850. The molecule has 0 aromatic carbocycles. The van der Waals surface area contributed by atoms with Gasteiger partial charge in [-0.15, -0.1) is 10.2 Å². The topological polar surface area (TPSA) is 63.2 Å². The molecule has 2 aliphatic carbocycles. The molecule has 4 unspecified atom stereocenters. The fourth-order valence-electron chi connectivity index (χ4n) is 3.36. The smallest absolute Gasteiger partial charge is 0.240 e. The lowest BCUT2D eigenvalue weighted by atomic mass is 9.85. The zero-order chi connectivity index (χ0) is 11.6. The molecule has 86 valence electrons. The van der Waals surface area contributed by atoms with Crippen LogP contribution in [0.2, 0.25) is 0 Å². The Bertz CT molecular complexity index is 509. The molecule has 0 radical (unpaired) electrons. The fraction of sp³-hybridized carbons (Fsp3) is 0.455. The van der Waals surface area contributed by atoms with Gasteiger partial charge in [-0.25, -0.2) is 4.90 Å². The molecular weight excluding hydrogens is 238 g/mol. The lowest BCUT2D eigenvalue weighted by Gasteiger charge is -2.14. The summed E-state index contributed by atoms with van der Waals surface area (Å²) in [5.74, 6) is 0.0174. The molecule has 2 bridgehead atoms. The first kappa shape index (κ1) is 9.47. The van der Waals surface area contributed by atoms with Crippen LogP contribution in [0.15, 0.2) is 17.7 Å². The van der Waals surface area contributed by atoms with Crippen LogP contribution in [0.3, 0.4) is 0 Å². The highest BCUT2D eigenvalue weighted by atomic mass is 32.1. The molecule has 0 N–H and O–H groups in total. The summed E-state index contributed by atoms with van der Waals surface area (Å²) in [5.41, 5.74) is 1.54. The van der Waals surface area contributed by atoms with Crippen molar-refractivity contribution in [3.63, 3.8) is 0 Å². The van der Waals surface area contributed by atoms with E-state index in [1.165, 1.54) is 21.7 Å². The van der Waals surface area contributed by atoms with Crippen LogP contribution in [-0.2, 0) is 9.59 Å². The van der Waals surface area contributed by atoms with Gasteiger partial charge in [0.1, 0.15) is 5.51 Å². The normalized spacial score (nSPS) is 38.2. The van der Waals surface area contributed by atoms with Gasteiger partial charge >= 0.3 is 0 Å². The van der Waals surface area contributed by atoms with Crippen LogP contribution >= 0.6 is 11.3 Å². The van der Waals surface area contributed by atoms with Gasteiger partial charge in [0.15, 0.2) is 0 Å².